The summed E-state index contributed by atoms with van der Waals surface area (Å²) < 4.78 is 11.4. The van der Waals surface area contributed by atoms with E-state index in [4.69, 9.17) is 21.1 Å². The van der Waals surface area contributed by atoms with Crippen LogP contribution in [0.15, 0.2) is 71.6 Å². The van der Waals surface area contributed by atoms with Crippen LogP contribution < -0.4 is 9.47 Å². The molecule has 0 saturated carbocycles. The summed E-state index contributed by atoms with van der Waals surface area (Å²) in [4.78, 5) is 27.0. The van der Waals surface area contributed by atoms with Crippen LogP contribution in [0.4, 0.5) is 4.79 Å². The van der Waals surface area contributed by atoms with Crippen LogP contribution in [0, 0.1) is 6.92 Å². The maximum atomic E-state index is 12.9. The van der Waals surface area contributed by atoms with Crippen LogP contribution in [-0.4, -0.2) is 23.2 Å². The zero-order valence-corrected chi connectivity index (χ0v) is 19.8. The number of methoxy groups -OCH3 is 1. The number of aryl methyl sites for hydroxylation is 1. The number of carbonyl (C=O) groups is 2. The predicted molar refractivity (Wildman–Crippen MR) is 131 cm³/mol. The molecule has 0 atom stereocenters. The number of hydrogen-bond donors (Lipinski definition) is 0. The summed E-state index contributed by atoms with van der Waals surface area (Å²) in [7, 11) is 1.56. The van der Waals surface area contributed by atoms with Crippen LogP contribution >= 0.6 is 23.4 Å². The van der Waals surface area contributed by atoms with Crippen LogP contribution in [-0.2, 0) is 17.9 Å². The summed E-state index contributed by atoms with van der Waals surface area (Å²) in [5.41, 5.74) is 3.72. The molecule has 1 fully saturated rings. The van der Waals surface area contributed by atoms with E-state index in [2.05, 4.69) is 0 Å². The summed E-state index contributed by atoms with van der Waals surface area (Å²) in [6.07, 6.45) is 1.70. The van der Waals surface area contributed by atoms with Crippen molar-refractivity contribution in [3.63, 3.8) is 0 Å². The van der Waals surface area contributed by atoms with Crippen molar-refractivity contribution in [3.05, 3.63) is 98.9 Å². The van der Waals surface area contributed by atoms with Crippen LogP contribution in [0.1, 0.15) is 22.3 Å². The standard InChI is InChI=1S/C26H22ClNO4S/c1-17-4-3-5-20(12-17)15-28-25(29)24(33-26(28)30)14-19-8-11-22(23(13-19)31-2)32-16-18-6-9-21(27)10-7-18/h3-14H,15-16H2,1-2H3/b24-14-. The Bertz CT molecular complexity index is 1220. The zero-order valence-electron chi connectivity index (χ0n) is 18.2. The first-order valence-electron chi connectivity index (χ1n) is 10.3. The van der Waals surface area contributed by atoms with E-state index in [0.717, 1.165) is 34.0 Å². The minimum atomic E-state index is -0.298. The molecule has 0 aliphatic carbocycles. The van der Waals surface area contributed by atoms with E-state index < -0.39 is 0 Å². The third kappa shape index (κ3) is 5.59. The van der Waals surface area contributed by atoms with Gasteiger partial charge in [-0.2, -0.15) is 0 Å². The van der Waals surface area contributed by atoms with Crippen LogP contribution in [0.2, 0.25) is 5.02 Å². The maximum absolute atomic E-state index is 12.9. The van der Waals surface area contributed by atoms with Gasteiger partial charge in [-0.1, -0.05) is 59.6 Å². The van der Waals surface area contributed by atoms with Gasteiger partial charge in [0.2, 0.25) is 0 Å². The van der Waals surface area contributed by atoms with Gasteiger partial charge in [-0.05, 0) is 65.7 Å². The highest BCUT2D eigenvalue weighted by Gasteiger charge is 2.35. The Kier molecular flexibility index (Phi) is 7.06. The number of benzene rings is 3. The fourth-order valence-electron chi connectivity index (χ4n) is 3.42. The molecular formula is C26H22ClNO4S. The number of amides is 2. The molecule has 33 heavy (non-hydrogen) atoms. The number of imide groups is 1. The third-order valence-electron chi connectivity index (χ3n) is 5.09. The molecule has 1 aliphatic rings. The molecular weight excluding hydrogens is 458 g/mol. The van der Waals surface area contributed by atoms with Crippen LogP contribution in [0.25, 0.3) is 6.08 Å². The number of carbonyl (C=O) groups excluding carboxylic acids is 2. The maximum Gasteiger partial charge on any atom is 0.293 e. The molecule has 0 spiro atoms. The van der Waals surface area contributed by atoms with Gasteiger partial charge >= 0.3 is 0 Å². The smallest absolute Gasteiger partial charge is 0.293 e. The van der Waals surface area contributed by atoms with Crippen molar-refractivity contribution in [1.82, 2.24) is 4.90 Å². The van der Waals surface area contributed by atoms with Crippen molar-refractivity contribution in [1.29, 1.82) is 0 Å². The topological polar surface area (TPSA) is 55.8 Å². The molecule has 0 aromatic heterocycles. The van der Waals surface area contributed by atoms with Gasteiger partial charge in [0.25, 0.3) is 11.1 Å². The average Bonchev–Trinajstić information content (AvgIpc) is 3.06. The van der Waals surface area contributed by atoms with E-state index in [1.165, 1.54) is 4.90 Å². The van der Waals surface area contributed by atoms with E-state index in [0.29, 0.717) is 28.0 Å². The summed E-state index contributed by atoms with van der Waals surface area (Å²) in [6.45, 7) is 2.60. The highest BCUT2D eigenvalue weighted by molar-refractivity contribution is 8.18. The van der Waals surface area contributed by atoms with Gasteiger partial charge in [-0.25, -0.2) is 0 Å². The third-order valence-corrected chi connectivity index (χ3v) is 6.25. The van der Waals surface area contributed by atoms with Gasteiger partial charge in [-0.3, -0.25) is 14.5 Å². The molecule has 1 aliphatic heterocycles. The van der Waals surface area contributed by atoms with Gasteiger partial charge in [0.05, 0.1) is 18.6 Å². The number of hydrogen-bond acceptors (Lipinski definition) is 5. The Hall–Kier alpha value is -3.22. The molecule has 5 nitrogen and oxygen atoms in total. The molecule has 0 bridgehead atoms. The van der Waals surface area contributed by atoms with Gasteiger partial charge in [0.15, 0.2) is 11.5 Å². The lowest BCUT2D eigenvalue weighted by Gasteiger charge is -2.13. The second-order valence-corrected chi connectivity index (χ2v) is 9.01. The SMILES string of the molecule is COc1cc(/C=C2\SC(=O)N(Cc3cccc(C)c3)C2=O)ccc1OCc1ccc(Cl)cc1. The molecule has 4 rings (SSSR count). The first kappa shape index (κ1) is 23.0. The Labute approximate surface area is 202 Å². The Morgan fingerprint density at radius 2 is 1.76 bits per heavy atom. The van der Waals surface area contributed by atoms with Crippen molar-refractivity contribution < 1.29 is 19.1 Å². The van der Waals surface area contributed by atoms with Crippen molar-refractivity contribution in [3.8, 4) is 11.5 Å². The summed E-state index contributed by atoms with van der Waals surface area (Å²) >= 11 is 6.86. The van der Waals surface area contributed by atoms with Gasteiger partial charge in [0.1, 0.15) is 6.61 Å². The van der Waals surface area contributed by atoms with Gasteiger partial charge < -0.3 is 9.47 Å². The zero-order chi connectivity index (χ0) is 23.4. The molecule has 7 heteroatoms. The summed E-state index contributed by atoms with van der Waals surface area (Å²) in [5.74, 6) is 0.822. The second-order valence-electron chi connectivity index (χ2n) is 7.58. The Balaban J connectivity index is 1.48. The molecule has 3 aromatic rings. The highest BCUT2D eigenvalue weighted by atomic mass is 35.5. The molecule has 0 N–H and O–H groups in total. The molecule has 1 saturated heterocycles. The van der Waals surface area contributed by atoms with Crippen molar-refractivity contribution >= 4 is 40.6 Å². The molecule has 1 heterocycles. The number of ether oxygens (including phenoxy) is 2. The highest BCUT2D eigenvalue weighted by Crippen LogP contribution is 2.35. The van der Waals surface area contributed by atoms with Gasteiger partial charge in [-0.15, -0.1) is 0 Å². The van der Waals surface area contributed by atoms with Crippen molar-refractivity contribution in [2.75, 3.05) is 7.11 Å². The van der Waals surface area contributed by atoms with Crippen molar-refractivity contribution in [2.24, 2.45) is 0 Å². The Morgan fingerprint density at radius 3 is 2.48 bits per heavy atom. The molecule has 0 unspecified atom stereocenters. The van der Waals surface area contributed by atoms with E-state index in [9.17, 15) is 9.59 Å². The second kappa shape index (κ2) is 10.1. The molecule has 2 amide bonds. The number of nitrogens with zero attached hydrogens (tertiary/aromatic N) is 1. The molecule has 0 radical (unpaired) electrons. The Morgan fingerprint density at radius 1 is 0.970 bits per heavy atom. The lowest BCUT2D eigenvalue weighted by molar-refractivity contribution is -0.123. The predicted octanol–water partition coefficient (Wildman–Crippen LogP) is 6.47. The van der Waals surface area contributed by atoms with Crippen LogP contribution in [0.3, 0.4) is 0 Å². The molecule has 168 valence electrons. The minimum Gasteiger partial charge on any atom is -0.493 e. The van der Waals surface area contributed by atoms with E-state index >= 15 is 0 Å². The fraction of sp³-hybridized carbons (Fsp3) is 0.154. The quantitative estimate of drug-likeness (QED) is 0.363. The van der Waals surface area contributed by atoms with E-state index in [1.54, 1.807) is 25.3 Å². The lowest BCUT2D eigenvalue weighted by Crippen LogP contribution is -2.27. The van der Waals surface area contributed by atoms with Crippen LogP contribution in [0.5, 0.6) is 11.5 Å². The monoisotopic (exact) mass is 479 g/mol. The summed E-state index contributed by atoms with van der Waals surface area (Å²) in [5, 5.41) is 0.395. The minimum absolute atomic E-state index is 0.254. The number of rotatable bonds is 7. The van der Waals surface area contributed by atoms with Gasteiger partial charge in [0, 0.05) is 5.02 Å². The first-order chi connectivity index (χ1) is 15.9. The largest absolute Gasteiger partial charge is 0.493 e. The lowest BCUT2D eigenvalue weighted by atomic mass is 10.1. The first-order valence-corrected chi connectivity index (χ1v) is 11.5. The number of thioether (sulfide) groups is 1. The number of halogens is 1. The van der Waals surface area contributed by atoms with Crippen molar-refractivity contribution in [2.45, 2.75) is 20.1 Å². The average molecular weight is 480 g/mol. The molecule has 3 aromatic carbocycles. The normalized spacial score (nSPS) is 14.8. The van der Waals surface area contributed by atoms with E-state index in [1.807, 2.05) is 61.5 Å². The van der Waals surface area contributed by atoms with E-state index in [-0.39, 0.29) is 17.7 Å². The summed E-state index contributed by atoms with van der Waals surface area (Å²) in [6, 6.07) is 20.6. The fourth-order valence-corrected chi connectivity index (χ4v) is 4.38.